The van der Waals surface area contributed by atoms with Crippen LogP contribution in [0, 0.1) is 0 Å². The normalized spacial score (nSPS) is 12.7. The van der Waals surface area contributed by atoms with Crippen molar-refractivity contribution in [2.24, 2.45) is 0 Å². The van der Waals surface area contributed by atoms with Crippen LogP contribution >= 0.6 is 11.8 Å². The standard InChI is InChI=1S/C14H23N3O3S/c1-9(2)7-8-21-13-17-16-11(19-13)10(3)15-12(18)20-14(4,5)6/h7,10H,8H2,1-6H3,(H,15,18). The average Bonchev–Trinajstić information content (AvgIpc) is 2.74. The summed E-state index contributed by atoms with van der Waals surface area (Å²) in [5.74, 6) is 1.14. The lowest BCUT2D eigenvalue weighted by Crippen LogP contribution is -2.34. The topological polar surface area (TPSA) is 77.2 Å². The Bertz CT molecular complexity index is 502. The molecule has 7 heteroatoms. The van der Waals surface area contributed by atoms with Crippen molar-refractivity contribution in [2.45, 2.75) is 58.4 Å². The van der Waals surface area contributed by atoms with Gasteiger partial charge in [0.25, 0.3) is 5.22 Å². The second-order valence-electron chi connectivity index (χ2n) is 5.87. The van der Waals surface area contributed by atoms with Gasteiger partial charge in [-0.15, -0.1) is 10.2 Å². The van der Waals surface area contributed by atoms with E-state index < -0.39 is 17.7 Å². The number of carbonyl (C=O) groups is 1. The maximum Gasteiger partial charge on any atom is 0.408 e. The first-order chi connectivity index (χ1) is 9.67. The van der Waals surface area contributed by atoms with Crippen LogP contribution in [-0.4, -0.2) is 27.6 Å². The molecule has 6 nitrogen and oxygen atoms in total. The van der Waals surface area contributed by atoms with E-state index in [1.165, 1.54) is 17.3 Å². The maximum atomic E-state index is 11.7. The Morgan fingerprint density at radius 2 is 2.10 bits per heavy atom. The number of hydrogen-bond donors (Lipinski definition) is 1. The minimum atomic E-state index is -0.538. The highest BCUT2D eigenvalue weighted by atomic mass is 32.2. The van der Waals surface area contributed by atoms with E-state index in [4.69, 9.17) is 9.15 Å². The molecule has 0 spiro atoms. The maximum absolute atomic E-state index is 11.7. The molecule has 0 bridgehead atoms. The average molecular weight is 313 g/mol. The molecule has 0 saturated heterocycles. The van der Waals surface area contributed by atoms with Gasteiger partial charge >= 0.3 is 6.09 Å². The van der Waals surface area contributed by atoms with Crippen molar-refractivity contribution in [3.8, 4) is 0 Å². The molecule has 0 aliphatic rings. The fourth-order valence-electron chi connectivity index (χ4n) is 1.28. The molecular weight excluding hydrogens is 290 g/mol. The molecule has 1 amide bonds. The second-order valence-corrected chi connectivity index (χ2v) is 6.84. The van der Waals surface area contributed by atoms with Crippen molar-refractivity contribution in [2.75, 3.05) is 5.75 Å². The summed E-state index contributed by atoms with van der Waals surface area (Å²) in [6.07, 6.45) is 1.57. The van der Waals surface area contributed by atoms with E-state index in [9.17, 15) is 4.79 Å². The summed E-state index contributed by atoms with van der Waals surface area (Å²) in [4.78, 5) is 11.7. The Morgan fingerprint density at radius 3 is 2.67 bits per heavy atom. The van der Waals surface area contributed by atoms with Crippen molar-refractivity contribution in [3.63, 3.8) is 0 Å². The highest BCUT2D eigenvalue weighted by molar-refractivity contribution is 7.99. The van der Waals surface area contributed by atoms with Gasteiger partial charge in [-0.1, -0.05) is 23.4 Å². The highest BCUT2D eigenvalue weighted by Crippen LogP contribution is 2.20. The van der Waals surface area contributed by atoms with E-state index in [-0.39, 0.29) is 0 Å². The van der Waals surface area contributed by atoms with Crippen LogP contribution in [0.15, 0.2) is 21.3 Å². The Balaban J connectivity index is 2.52. The van der Waals surface area contributed by atoms with Crippen molar-refractivity contribution in [1.82, 2.24) is 15.5 Å². The predicted octanol–water partition coefficient (Wildman–Crippen LogP) is 3.71. The molecule has 1 unspecified atom stereocenters. The van der Waals surface area contributed by atoms with E-state index in [1.807, 2.05) is 34.6 Å². The zero-order valence-electron chi connectivity index (χ0n) is 13.4. The van der Waals surface area contributed by atoms with Gasteiger partial charge in [-0.2, -0.15) is 0 Å². The molecule has 0 radical (unpaired) electrons. The molecule has 1 N–H and O–H groups in total. The largest absolute Gasteiger partial charge is 0.444 e. The number of amides is 1. The Morgan fingerprint density at radius 1 is 1.43 bits per heavy atom. The molecule has 118 valence electrons. The van der Waals surface area contributed by atoms with Crippen LogP contribution in [0.2, 0.25) is 0 Å². The number of carbonyl (C=O) groups excluding carboxylic acids is 1. The molecule has 0 fully saturated rings. The lowest BCUT2D eigenvalue weighted by atomic mass is 10.2. The molecule has 1 atom stereocenters. The summed E-state index contributed by atoms with van der Waals surface area (Å²) in [6, 6.07) is -0.398. The zero-order chi connectivity index (χ0) is 16.0. The van der Waals surface area contributed by atoms with Crippen LogP contribution in [0.5, 0.6) is 0 Å². The Labute approximate surface area is 129 Å². The van der Waals surface area contributed by atoms with Crippen LogP contribution < -0.4 is 5.32 Å². The third kappa shape index (κ3) is 7.17. The van der Waals surface area contributed by atoms with Crippen molar-refractivity contribution < 1.29 is 13.9 Å². The third-order valence-electron chi connectivity index (χ3n) is 2.22. The second kappa shape index (κ2) is 7.49. The molecule has 1 aromatic rings. The number of thioether (sulfide) groups is 1. The highest BCUT2D eigenvalue weighted by Gasteiger charge is 2.21. The first-order valence-electron chi connectivity index (χ1n) is 6.76. The molecule has 0 aliphatic heterocycles. The number of rotatable bonds is 5. The van der Waals surface area contributed by atoms with Crippen LogP contribution in [0.25, 0.3) is 0 Å². The Kier molecular flexibility index (Phi) is 6.26. The summed E-state index contributed by atoms with van der Waals surface area (Å²) in [5, 5.41) is 11.0. The van der Waals surface area contributed by atoms with Crippen molar-refractivity contribution in [1.29, 1.82) is 0 Å². The van der Waals surface area contributed by atoms with E-state index in [1.54, 1.807) is 6.92 Å². The minimum absolute atomic E-state index is 0.362. The van der Waals surface area contributed by atoms with E-state index in [2.05, 4.69) is 21.6 Å². The molecule has 0 aromatic carbocycles. The first kappa shape index (κ1) is 17.6. The van der Waals surface area contributed by atoms with Gasteiger partial charge in [-0.05, 0) is 41.5 Å². The molecule has 1 aromatic heterocycles. The van der Waals surface area contributed by atoms with Gasteiger partial charge in [-0.3, -0.25) is 0 Å². The number of hydrogen-bond acceptors (Lipinski definition) is 6. The van der Waals surface area contributed by atoms with Gasteiger partial charge in [0, 0.05) is 5.75 Å². The molecule has 21 heavy (non-hydrogen) atoms. The van der Waals surface area contributed by atoms with Crippen LogP contribution in [-0.2, 0) is 4.74 Å². The molecule has 1 rings (SSSR count). The number of nitrogens with zero attached hydrogens (tertiary/aromatic N) is 2. The predicted molar refractivity (Wildman–Crippen MR) is 82.2 cm³/mol. The minimum Gasteiger partial charge on any atom is -0.444 e. The van der Waals surface area contributed by atoms with Gasteiger partial charge < -0.3 is 14.5 Å². The van der Waals surface area contributed by atoms with Gasteiger partial charge in [0.05, 0.1) is 0 Å². The lowest BCUT2D eigenvalue weighted by molar-refractivity contribution is 0.0500. The van der Waals surface area contributed by atoms with Gasteiger partial charge in [0.1, 0.15) is 11.6 Å². The number of ether oxygens (including phenoxy) is 1. The number of aromatic nitrogens is 2. The van der Waals surface area contributed by atoms with Crippen molar-refractivity contribution >= 4 is 17.9 Å². The van der Waals surface area contributed by atoms with Gasteiger partial charge in [0.2, 0.25) is 5.89 Å². The van der Waals surface area contributed by atoms with Gasteiger partial charge in [-0.25, -0.2) is 4.79 Å². The van der Waals surface area contributed by atoms with E-state index in [0.717, 1.165) is 5.75 Å². The van der Waals surface area contributed by atoms with Crippen LogP contribution in [0.3, 0.4) is 0 Å². The Hall–Kier alpha value is -1.50. The summed E-state index contributed by atoms with van der Waals surface area (Å²) < 4.78 is 10.7. The number of allylic oxidation sites excluding steroid dienone is 1. The molecule has 0 saturated carbocycles. The number of alkyl carbamates (subject to hydrolysis) is 1. The first-order valence-corrected chi connectivity index (χ1v) is 7.75. The van der Waals surface area contributed by atoms with Gasteiger partial charge in [0.15, 0.2) is 0 Å². The summed E-state index contributed by atoms with van der Waals surface area (Å²) in [6.45, 7) is 11.3. The summed E-state index contributed by atoms with van der Waals surface area (Å²) >= 11 is 1.46. The molecule has 1 heterocycles. The quantitative estimate of drug-likeness (QED) is 0.659. The van der Waals surface area contributed by atoms with Crippen LogP contribution in [0.1, 0.15) is 53.5 Å². The van der Waals surface area contributed by atoms with Crippen LogP contribution in [0.4, 0.5) is 4.79 Å². The van der Waals surface area contributed by atoms with E-state index in [0.29, 0.717) is 11.1 Å². The molecular formula is C14H23N3O3S. The lowest BCUT2D eigenvalue weighted by Gasteiger charge is -2.20. The van der Waals surface area contributed by atoms with Crippen molar-refractivity contribution in [3.05, 3.63) is 17.5 Å². The zero-order valence-corrected chi connectivity index (χ0v) is 14.2. The third-order valence-corrected chi connectivity index (χ3v) is 2.97. The SMILES string of the molecule is CC(C)=CCSc1nnc(C(C)NC(=O)OC(C)(C)C)o1. The monoisotopic (exact) mass is 313 g/mol. The summed E-state index contributed by atoms with van der Waals surface area (Å²) in [5.41, 5.74) is 0.700. The van der Waals surface area contributed by atoms with E-state index >= 15 is 0 Å². The fourth-order valence-corrected chi connectivity index (χ4v) is 2.08. The molecule has 0 aliphatic carbocycles. The smallest absolute Gasteiger partial charge is 0.408 e. The number of nitrogens with one attached hydrogen (secondary N) is 1. The summed E-state index contributed by atoms with van der Waals surface area (Å²) in [7, 11) is 0. The fraction of sp³-hybridized carbons (Fsp3) is 0.643.